The maximum atomic E-state index is 13.4. The van der Waals surface area contributed by atoms with Gasteiger partial charge in [0.15, 0.2) is 0 Å². The molecule has 1 saturated carbocycles. The Labute approximate surface area is 132 Å². The third-order valence-electron chi connectivity index (χ3n) is 4.57. The Morgan fingerprint density at radius 1 is 1.13 bits per heavy atom. The monoisotopic (exact) mass is 322 g/mol. The fraction of sp³-hybridized carbons (Fsp3) is 0.529. The molecule has 0 unspecified atom stereocenters. The van der Waals surface area contributed by atoms with Gasteiger partial charge in [0, 0.05) is 11.5 Å². The second-order valence-electron chi connectivity index (χ2n) is 6.09. The van der Waals surface area contributed by atoms with Gasteiger partial charge in [-0.2, -0.15) is 18.4 Å². The van der Waals surface area contributed by atoms with Crippen LogP contribution in [0, 0.1) is 17.2 Å². The highest BCUT2D eigenvalue weighted by molar-refractivity contribution is 6.04. The van der Waals surface area contributed by atoms with Gasteiger partial charge in [0.25, 0.3) is 0 Å². The van der Waals surface area contributed by atoms with Crippen LogP contribution in [0.2, 0.25) is 0 Å². The minimum absolute atomic E-state index is 0.00481. The minimum Gasteiger partial charge on any atom is -0.392 e. The van der Waals surface area contributed by atoms with Crippen LogP contribution < -0.4 is 0 Å². The molecule has 0 saturated heterocycles. The number of benzene rings is 1. The Kier molecular flexibility index (Phi) is 4.29. The van der Waals surface area contributed by atoms with Crippen molar-refractivity contribution < 1.29 is 18.0 Å². The molecule has 0 bridgehead atoms. The van der Waals surface area contributed by atoms with Gasteiger partial charge in [-0.15, -0.1) is 0 Å². The molecule has 1 aliphatic heterocycles. The number of nitrogens with zero attached hydrogens (tertiary/aromatic N) is 2. The summed E-state index contributed by atoms with van der Waals surface area (Å²) in [6.45, 7) is 0. The quantitative estimate of drug-likeness (QED) is 0.755. The molecule has 2 atom stereocenters. The molecule has 3 nitrogen and oxygen atoms in total. The molecule has 1 aromatic rings. The summed E-state index contributed by atoms with van der Waals surface area (Å²) in [6, 6.07) is 5.42. The molecule has 0 radical (unpaired) electrons. The lowest BCUT2D eigenvalue weighted by atomic mass is 9.82. The van der Waals surface area contributed by atoms with E-state index in [9.17, 15) is 13.2 Å². The number of hydrogen-bond donors (Lipinski definition) is 0. The first-order valence-electron chi connectivity index (χ1n) is 7.86. The second kappa shape index (κ2) is 6.23. The Bertz CT molecular complexity index is 661. The van der Waals surface area contributed by atoms with Crippen molar-refractivity contribution in [2.45, 2.75) is 50.8 Å². The van der Waals surface area contributed by atoms with E-state index in [1.54, 1.807) is 6.07 Å². The zero-order valence-corrected chi connectivity index (χ0v) is 12.6. The van der Waals surface area contributed by atoms with Gasteiger partial charge >= 0.3 is 6.18 Å². The average Bonchev–Trinajstić information content (AvgIpc) is 2.87. The van der Waals surface area contributed by atoms with Crippen LogP contribution in [-0.4, -0.2) is 11.8 Å². The molecule has 1 aromatic carbocycles. The molecular formula is C17H17F3N2O. The van der Waals surface area contributed by atoms with Crippen LogP contribution in [0.5, 0.6) is 0 Å². The van der Waals surface area contributed by atoms with Crippen molar-refractivity contribution in [3.05, 3.63) is 34.9 Å². The van der Waals surface area contributed by atoms with Crippen molar-refractivity contribution in [1.82, 2.24) is 0 Å². The number of fused-ring (bicyclic) bond motifs is 1. The maximum Gasteiger partial charge on any atom is 0.417 e. The predicted molar refractivity (Wildman–Crippen MR) is 78.8 cm³/mol. The number of alkyl halides is 3. The summed E-state index contributed by atoms with van der Waals surface area (Å²) in [5.41, 5.74) is -0.380. The van der Waals surface area contributed by atoms with E-state index in [4.69, 9.17) is 10.1 Å². The van der Waals surface area contributed by atoms with E-state index in [0.29, 0.717) is 5.71 Å². The molecule has 6 heteroatoms. The average molecular weight is 322 g/mol. The fourth-order valence-electron chi connectivity index (χ4n) is 3.40. The van der Waals surface area contributed by atoms with Crippen molar-refractivity contribution >= 4 is 5.71 Å². The molecule has 1 aliphatic carbocycles. The molecule has 2 aliphatic rings. The summed E-state index contributed by atoms with van der Waals surface area (Å²) in [5.74, 6) is -0.0932. The van der Waals surface area contributed by atoms with Gasteiger partial charge in [0.2, 0.25) is 0 Å². The highest BCUT2D eigenvalue weighted by Gasteiger charge is 2.40. The van der Waals surface area contributed by atoms with E-state index >= 15 is 0 Å². The molecule has 0 N–H and O–H groups in total. The summed E-state index contributed by atoms with van der Waals surface area (Å²) in [5, 5.41) is 12.9. The normalized spacial score (nSPS) is 24.7. The fourth-order valence-corrected chi connectivity index (χ4v) is 3.40. The minimum atomic E-state index is -4.52. The summed E-state index contributed by atoms with van der Waals surface area (Å²) in [7, 11) is 0. The molecule has 3 rings (SSSR count). The van der Waals surface area contributed by atoms with E-state index in [1.807, 2.05) is 0 Å². The standard InChI is InChI=1S/C17H17F3N2O/c18-17(19,20)14-9-11(10-21)7-8-12(14)16-13-5-3-1-2-4-6-15(13)23-22-16/h7-9,13,15H,1-6H2/t13-,15+/m0/s1. The summed E-state index contributed by atoms with van der Waals surface area (Å²) < 4.78 is 40.1. The van der Waals surface area contributed by atoms with Crippen molar-refractivity contribution in [1.29, 1.82) is 5.26 Å². The Morgan fingerprint density at radius 3 is 2.57 bits per heavy atom. The summed E-state index contributed by atoms with van der Waals surface area (Å²) in [4.78, 5) is 5.44. The van der Waals surface area contributed by atoms with Crippen molar-refractivity contribution in [3.8, 4) is 6.07 Å². The number of halogens is 3. The van der Waals surface area contributed by atoms with Crippen LogP contribution in [-0.2, 0) is 11.0 Å². The highest BCUT2D eigenvalue weighted by Crippen LogP contribution is 2.38. The smallest absolute Gasteiger partial charge is 0.392 e. The molecule has 1 fully saturated rings. The number of rotatable bonds is 1. The zero-order chi connectivity index (χ0) is 16.4. The summed E-state index contributed by atoms with van der Waals surface area (Å²) >= 11 is 0. The largest absolute Gasteiger partial charge is 0.417 e. The first-order chi connectivity index (χ1) is 11.0. The van der Waals surface area contributed by atoms with Gasteiger partial charge < -0.3 is 4.84 Å². The predicted octanol–water partition coefficient (Wildman–Crippen LogP) is 4.65. The Hall–Kier alpha value is -2.03. The van der Waals surface area contributed by atoms with Crippen LogP contribution in [0.4, 0.5) is 13.2 Å². The van der Waals surface area contributed by atoms with Gasteiger partial charge in [0.1, 0.15) is 6.10 Å². The van der Waals surface area contributed by atoms with Crippen molar-refractivity contribution in [3.63, 3.8) is 0 Å². The lowest BCUT2D eigenvalue weighted by molar-refractivity contribution is -0.137. The molecular weight excluding hydrogens is 305 g/mol. The van der Waals surface area contributed by atoms with E-state index in [2.05, 4.69) is 5.16 Å². The molecule has 0 amide bonds. The lowest BCUT2D eigenvalue weighted by Gasteiger charge is -2.22. The van der Waals surface area contributed by atoms with Crippen LogP contribution in [0.3, 0.4) is 0 Å². The van der Waals surface area contributed by atoms with E-state index < -0.39 is 11.7 Å². The van der Waals surface area contributed by atoms with Crippen LogP contribution in [0.15, 0.2) is 23.4 Å². The highest BCUT2D eigenvalue weighted by atomic mass is 19.4. The van der Waals surface area contributed by atoms with Crippen molar-refractivity contribution in [2.24, 2.45) is 11.1 Å². The molecule has 23 heavy (non-hydrogen) atoms. The van der Waals surface area contributed by atoms with Crippen LogP contribution in [0.1, 0.15) is 55.2 Å². The number of nitriles is 1. The molecule has 122 valence electrons. The molecule has 0 aromatic heterocycles. The van der Waals surface area contributed by atoms with Gasteiger partial charge in [0.05, 0.1) is 22.9 Å². The second-order valence-corrected chi connectivity index (χ2v) is 6.09. The SMILES string of the molecule is N#Cc1ccc(C2=NO[C@@H]3CCCCCC[C@H]23)c(C(F)(F)F)c1. The Morgan fingerprint density at radius 2 is 1.87 bits per heavy atom. The van der Waals surface area contributed by atoms with E-state index in [0.717, 1.165) is 44.6 Å². The number of hydrogen-bond acceptors (Lipinski definition) is 3. The van der Waals surface area contributed by atoms with Gasteiger partial charge in [-0.3, -0.25) is 0 Å². The first kappa shape index (κ1) is 15.9. The number of oxime groups is 1. The van der Waals surface area contributed by atoms with E-state index in [-0.39, 0.29) is 23.1 Å². The van der Waals surface area contributed by atoms with Crippen LogP contribution in [0.25, 0.3) is 0 Å². The van der Waals surface area contributed by atoms with Crippen LogP contribution >= 0.6 is 0 Å². The maximum absolute atomic E-state index is 13.4. The van der Waals surface area contributed by atoms with Gasteiger partial charge in [-0.1, -0.05) is 30.5 Å². The Balaban J connectivity index is 1.99. The topological polar surface area (TPSA) is 45.4 Å². The molecule has 1 heterocycles. The first-order valence-corrected chi connectivity index (χ1v) is 7.86. The third kappa shape index (κ3) is 3.19. The van der Waals surface area contributed by atoms with Gasteiger partial charge in [-0.25, -0.2) is 0 Å². The van der Waals surface area contributed by atoms with Crippen molar-refractivity contribution in [2.75, 3.05) is 0 Å². The lowest BCUT2D eigenvalue weighted by Crippen LogP contribution is -2.27. The molecule has 0 spiro atoms. The summed E-state index contributed by atoms with van der Waals surface area (Å²) in [6.07, 6.45) is 1.19. The zero-order valence-electron chi connectivity index (χ0n) is 12.6. The van der Waals surface area contributed by atoms with Gasteiger partial charge in [-0.05, 0) is 31.4 Å². The third-order valence-corrected chi connectivity index (χ3v) is 4.57. The van der Waals surface area contributed by atoms with E-state index in [1.165, 1.54) is 12.1 Å².